The summed E-state index contributed by atoms with van der Waals surface area (Å²) in [5, 5.41) is 2.92. The Morgan fingerprint density at radius 2 is 2.00 bits per heavy atom. The molecule has 2 heterocycles. The van der Waals surface area contributed by atoms with E-state index in [9.17, 15) is 4.79 Å². The largest absolute Gasteiger partial charge is 0.487 e. The average Bonchev–Trinajstić information content (AvgIpc) is 3.45. The molecule has 1 saturated heterocycles. The van der Waals surface area contributed by atoms with Gasteiger partial charge < -0.3 is 19.5 Å². The molecule has 27 heavy (non-hydrogen) atoms. The lowest BCUT2D eigenvalue weighted by Crippen LogP contribution is -2.43. The summed E-state index contributed by atoms with van der Waals surface area (Å²) < 4.78 is 16.5. The van der Waals surface area contributed by atoms with Gasteiger partial charge in [-0.1, -0.05) is 18.2 Å². The van der Waals surface area contributed by atoms with Crippen molar-refractivity contribution < 1.29 is 19.0 Å². The fourth-order valence-corrected chi connectivity index (χ4v) is 2.64. The number of nitrogens with zero attached hydrogens (tertiary/aromatic N) is 1. The lowest BCUT2D eigenvalue weighted by atomic mass is 10.0. The van der Waals surface area contributed by atoms with Crippen LogP contribution in [0.25, 0.3) is 0 Å². The Morgan fingerprint density at radius 3 is 2.59 bits per heavy atom. The molecule has 144 valence electrons. The first-order chi connectivity index (χ1) is 12.9. The quantitative estimate of drug-likeness (QED) is 0.755. The molecule has 0 spiro atoms. The zero-order valence-corrected chi connectivity index (χ0v) is 16.0. The second-order valence-electron chi connectivity index (χ2n) is 7.58. The van der Waals surface area contributed by atoms with Gasteiger partial charge in [0.25, 0.3) is 0 Å². The maximum atomic E-state index is 12.1. The predicted octanol–water partition coefficient (Wildman–Crippen LogP) is 3.50. The van der Waals surface area contributed by atoms with Crippen LogP contribution in [0.5, 0.6) is 5.75 Å². The molecule has 1 fully saturated rings. The number of aromatic nitrogens is 1. The fourth-order valence-electron chi connectivity index (χ4n) is 2.64. The smallest absolute Gasteiger partial charge is 0.407 e. The lowest BCUT2D eigenvalue weighted by molar-refractivity contribution is 0.0495. The van der Waals surface area contributed by atoms with Crippen molar-refractivity contribution in [1.29, 1.82) is 0 Å². The molecular formula is C21H26N2O4. The van der Waals surface area contributed by atoms with E-state index in [1.807, 2.05) is 63.2 Å². The molecule has 0 bridgehead atoms. The molecule has 6 nitrogen and oxygen atoms in total. The van der Waals surface area contributed by atoms with E-state index < -0.39 is 11.7 Å². The highest BCUT2D eigenvalue weighted by Gasteiger charge is 2.34. The second-order valence-corrected chi connectivity index (χ2v) is 7.58. The van der Waals surface area contributed by atoms with Gasteiger partial charge in [0.05, 0.1) is 18.3 Å². The predicted molar refractivity (Wildman–Crippen MR) is 102 cm³/mol. The van der Waals surface area contributed by atoms with Crippen LogP contribution in [0.15, 0.2) is 48.7 Å². The van der Waals surface area contributed by atoms with Crippen molar-refractivity contribution in [1.82, 2.24) is 10.3 Å². The number of hydrogen-bond donors (Lipinski definition) is 1. The van der Waals surface area contributed by atoms with Gasteiger partial charge in [-0.15, -0.1) is 0 Å². The third-order valence-electron chi connectivity index (χ3n) is 4.00. The second kappa shape index (κ2) is 8.39. The van der Waals surface area contributed by atoms with Crippen molar-refractivity contribution in [3.8, 4) is 5.75 Å². The van der Waals surface area contributed by atoms with Crippen molar-refractivity contribution in [2.24, 2.45) is 0 Å². The molecule has 1 aliphatic rings. The van der Waals surface area contributed by atoms with Crippen LogP contribution in [0.1, 0.15) is 32.0 Å². The van der Waals surface area contributed by atoms with E-state index in [1.165, 1.54) is 0 Å². The molecular weight excluding hydrogens is 344 g/mol. The number of benzene rings is 1. The third-order valence-corrected chi connectivity index (χ3v) is 4.00. The number of alkyl carbamates (subject to hydrolysis) is 1. The summed E-state index contributed by atoms with van der Waals surface area (Å²) in [4.78, 5) is 16.3. The average molecular weight is 370 g/mol. The summed E-state index contributed by atoms with van der Waals surface area (Å²) in [5.74, 6) is 0.781. The number of epoxide rings is 1. The highest BCUT2D eigenvalue weighted by Crippen LogP contribution is 2.21. The van der Waals surface area contributed by atoms with Gasteiger partial charge in [0.15, 0.2) is 0 Å². The molecule has 2 aromatic rings. The number of nitrogens with one attached hydrogen (secondary N) is 1. The Labute approximate surface area is 159 Å². The van der Waals surface area contributed by atoms with Crippen molar-refractivity contribution in [2.75, 3.05) is 6.61 Å². The summed E-state index contributed by atoms with van der Waals surface area (Å²) >= 11 is 0. The van der Waals surface area contributed by atoms with Crippen LogP contribution in [0.2, 0.25) is 0 Å². The van der Waals surface area contributed by atoms with Gasteiger partial charge in [0.1, 0.15) is 24.1 Å². The summed E-state index contributed by atoms with van der Waals surface area (Å²) in [6.07, 6.45) is 2.04. The topological polar surface area (TPSA) is 73.0 Å². The molecule has 0 radical (unpaired) electrons. The normalized spacial score (nSPS) is 17.1. The summed E-state index contributed by atoms with van der Waals surface area (Å²) in [6, 6.07) is 13.5. The van der Waals surface area contributed by atoms with Crippen LogP contribution in [-0.2, 0) is 22.5 Å². The van der Waals surface area contributed by atoms with Crippen LogP contribution in [-0.4, -0.2) is 35.4 Å². The van der Waals surface area contributed by atoms with Gasteiger partial charge in [-0.05, 0) is 57.0 Å². The fraction of sp³-hybridized carbons (Fsp3) is 0.429. The van der Waals surface area contributed by atoms with Crippen molar-refractivity contribution >= 4 is 6.09 Å². The minimum Gasteiger partial charge on any atom is -0.487 e. The van der Waals surface area contributed by atoms with Crippen molar-refractivity contribution in [3.63, 3.8) is 0 Å². The molecule has 3 rings (SSSR count). The number of rotatable bonds is 7. The monoisotopic (exact) mass is 370 g/mol. The Hall–Kier alpha value is -2.60. The maximum Gasteiger partial charge on any atom is 0.407 e. The van der Waals surface area contributed by atoms with Gasteiger partial charge in [-0.3, -0.25) is 4.98 Å². The summed E-state index contributed by atoms with van der Waals surface area (Å²) in [6.45, 7) is 6.63. The maximum absolute atomic E-state index is 12.1. The molecule has 1 aliphatic heterocycles. The number of carbonyl (C=O) groups is 1. The molecule has 0 saturated carbocycles. The minimum absolute atomic E-state index is 0.0394. The Morgan fingerprint density at radius 1 is 1.26 bits per heavy atom. The van der Waals surface area contributed by atoms with E-state index in [0.29, 0.717) is 19.6 Å². The van der Waals surface area contributed by atoms with Gasteiger partial charge in [0, 0.05) is 6.20 Å². The van der Waals surface area contributed by atoms with Gasteiger partial charge in [0.2, 0.25) is 0 Å². The molecule has 0 aliphatic carbocycles. The number of hydrogen-bond acceptors (Lipinski definition) is 5. The first-order valence-corrected chi connectivity index (χ1v) is 9.12. The van der Waals surface area contributed by atoms with E-state index in [0.717, 1.165) is 17.0 Å². The number of amides is 1. The first kappa shape index (κ1) is 19.2. The Balaban J connectivity index is 1.53. The van der Waals surface area contributed by atoms with Crippen LogP contribution < -0.4 is 10.1 Å². The first-order valence-electron chi connectivity index (χ1n) is 9.12. The molecule has 2 atom stereocenters. The number of carbonyl (C=O) groups excluding carboxylic acids is 1. The van der Waals surface area contributed by atoms with E-state index >= 15 is 0 Å². The van der Waals surface area contributed by atoms with E-state index in [4.69, 9.17) is 14.2 Å². The standard InChI is InChI=1S/C21H26N2O4/c1-21(2,3)27-20(24)23-18(19-14-26-19)12-15-7-9-17(10-8-15)25-13-16-6-4-5-11-22-16/h4-11,18-19H,12-14H2,1-3H3,(H,23,24)/t18-,19?/m0/s1. The van der Waals surface area contributed by atoms with Crippen LogP contribution in [0.4, 0.5) is 4.79 Å². The molecule has 1 aromatic carbocycles. The summed E-state index contributed by atoms with van der Waals surface area (Å²) in [5.41, 5.74) is 1.46. The van der Waals surface area contributed by atoms with E-state index in [-0.39, 0.29) is 12.1 Å². The van der Waals surface area contributed by atoms with Crippen molar-refractivity contribution in [2.45, 2.75) is 51.5 Å². The highest BCUT2D eigenvalue weighted by molar-refractivity contribution is 5.68. The molecule has 1 aromatic heterocycles. The van der Waals surface area contributed by atoms with Gasteiger partial charge in [-0.25, -0.2) is 4.79 Å². The molecule has 1 amide bonds. The van der Waals surface area contributed by atoms with Crippen LogP contribution >= 0.6 is 0 Å². The lowest BCUT2D eigenvalue weighted by Gasteiger charge is -2.23. The molecule has 1 N–H and O–H groups in total. The Kier molecular flexibility index (Phi) is 5.96. The van der Waals surface area contributed by atoms with Crippen LogP contribution in [0.3, 0.4) is 0 Å². The summed E-state index contributed by atoms with van der Waals surface area (Å²) in [7, 11) is 0. The van der Waals surface area contributed by atoms with Gasteiger partial charge in [-0.2, -0.15) is 0 Å². The number of pyridine rings is 1. The van der Waals surface area contributed by atoms with E-state index in [1.54, 1.807) is 6.20 Å². The SMILES string of the molecule is CC(C)(C)OC(=O)N[C@@H](Cc1ccc(OCc2ccccn2)cc1)C1CO1. The number of ether oxygens (including phenoxy) is 3. The van der Waals surface area contributed by atoms with Gasteiger partial charge >= 0.3 is 6.09 Å². The van der Waals surface area contributed by atoms with Crippen molar-refractivity contribution in [3.05, 3.63) is 59.9 Å². The molecule has 1 unspecified atom stereocenters. The van der Waals surface area contributed by atoms with E-state index in [2.05, 4.69) is 10.3 Å². The van der Waals surface area contributed by atoms with Crippen LogP contribution in [0, 0.1) is 0 Å². The minimum atomic E-state index is -0.522. The zero-order chi connectivity index (χ0) is 19.3. The highest BCUT2D eigenvalue weighted by atomic mass is 16.6. The molecule has 6 heteroatoms. The Bertz CT molecular complexity index is 737. The zero-order valence-electron chi connectivity index (χ0n) is 16.0. The third kappa shape index (κ3) is 6.57.